The molecule has 1 aromatic carbocycles. The standard InChI is InChI=1S/C28H35ClN2O6/c1-5-13-30(20-11-9-19(29)10-12-20)25(34)23-28-17-18(3)27(4,37-28)22(26(35)36-16-6-2)21(28)24(33)31(23)14-7-8-15-32/h5-6,9-12,18,21-23,32H,1-2,7-8,13-17H2,3-4H3/t18?,21-,22+,23?,27-,28?/m0/s1. The van der Waals surface area contributed by atoms with Crippen LogP contribution in [0.2, 0.25) is 5.02 Å². The predicted molar refractivity (Wildman–Crippen MR) is 140 cm³/mol. The third-order valence-electron chi connectivity index (χ3n) is 8.17. The summed E-state index contributed by atoms with van der Waals surface area (Å²) in [7, 11) is 0. The van der Waals surface area contributed by atoms with E-state index in [9.17, 15) is 19.5 Å². The van der Waals surface area contributed by atoms with Crippen molar-refractivity contribution in [2.75, 3.05) is 31.2 Å². The minimum Gasteiger partial charge on any atom is -0.461 e. The number of fused-ring (bicyclic) bond motifs is 1. The lowest BCUT2D eigenvalue weighted by atomic mass is 9.62. The summed E-state index contributed by atoms with van der Waals surface area (Å²) in [5.74, 6) is -2.89. The number of carbonyl (C=O) groups is 3. The van der Waals surface area contributed by atoms with Gasteiger partial charge in [-0.05, 0) is 56.4 Å². The van der Waals surface area contributed by atoms with Crippen molar-refractivity contribution in [1.29, 1.82) is 0 Å². The van der Waals surface area contributed by atoms with Gasteiger partial charge in [-0.25, -0.2) is 0 Å². The summed E-state index contributed by atoms with van der Waals surface area (Å²) in [6, 6.07) is 5.95. The quantitative estimate of drug-likeness (QED) is 0.268. The fraction of sp³-hybridized carbons (Fsp3) is 0.536. The molecule has 9 heteroatoms. The fourth-order valence-corrected chi connectivity index (χ4v) is 6.59. The van der Waals surface area contributed by atoms with Crippen LogP contribution in [0.4, 0.5) is 5.69 Å². The molecule has 3 saturated heterocycles. The lowest BCUT2D eigenvalue weighted by Gasteiger charge is -2.37. The van der Waals surface area contributed by atoms with E-state index >= 15 is 0 Å². The fourth-order valence-electron chi connectivity index (χ4n) is 6.46. The zero-order valence-electron chi connectivity index (χ0n) is 21.4. The van der Waals surface area contributed by atoms with Crippen molar-refractivity contribution in [2.45, 2.75) is 50.4 Å². The summed E-state index contributed by atoms with van der Waals surface area (Å²) in [6.45, 7) is 11.7. The highest BCUT2D eigenvalue weighted by atomic mass is 35.5. The van der Waals surface area contributed by atoms with Gasteiger partial charge in [0.15, 0.2) is 0 Å². The van der Waals surface area contributed by atoms with Crippen LogP contribution in [-0.4, -0.2) is 71.3 Å². The number of ether oxygens (including phenoxy) is 2. The zero-order valence-corrected chi connectivity index (χ0v) is 22.2. The molecule has 1 aromatic rings. The maximum atomic E-state index is 14.4. The van der Waals surface area contributed by atoms with Gasteiger partial charge in [-0.15, -0.1) is 6.58 Å². The molecule has 3 unspecified atom stereocenters. The monoisotopic (exact) mass is 530 g/mol. The normalized spacial score (nSPS) is 31.8. The average molecular weight is 531 g/mol. The number of rotatable bonds is 11. The van der Waals surface area contributed by atoms with Gasteiger partial charge >= 0.3 is 5.97 Å². The Kier molecular flexibility index (Phi) is 7.83. The molecule has 8 nitrogen and oxygen atoms in total. The van der Waals surface area contributed by atoms with E-state index < -0.39 is 35.0 Å². The van der Waals surface area contributed by atoms with Crippen LogP contribution in [0, 0.1) is 17.8 Å². The van der Waals surface area contributed by atoms with Crippen LogP contribution in [0.3, 0.4) is 0 Å². The molecule has 3 aliphatic heterocycles. The maximum absolute atomic E-state index is 14.4. The summed E-state index contributed by atoms with van der Waals surface area (Å²) in [4.78, 5) is 44.8. The molecule has 3 heterocycles. The summed E-state index contributed by atoms with van der Waals surface area (Å²) in [5, 5.41) is 9.88. The molecule has 2 amide bonds. The van der Waals surface area contributed by atoms with Crippen LogP contribution in [0.25, 0.3) is 0 Å². The van der Waals surface area contributed by atoms with Crippen molar-refractivity contribution in [3.63, 3.8) is 0 Å². The summed E-state index contributed by atoms with van der Waals surface area (Å²) >= 11 is 6.08. The van der Waals surface area contributed by atoms with Crippen LogP contribution >= 0.6 is 11.6 Å². The van der Waals surface area contributed by atoms with Crippen LogP contribution < -0.4 is 4.90 Å². The molecular formula is C28H35ClN2O6. The van der Waals surface area contributed by atoms with Crippen molar-refractivity contribution in [3.8, 4) is 0 Å². The van der Waals surface area contributed by atoms with Crippen molar-refractivity contribution in [2.24, 2.45) is 17.8 Å². The number of aliphatic hydroxyl groups is 1. The van der Waals surface area contributed by atoms with Crippen molar-refractivity contribution in [1.82, 2.24) is 4.90 Å². The number of hydrogen-bond acceptors (Lipinski definition) is 6. The molecule has 4 rings (SSSR count). The molecule has 2 bridgehead atoms. The van der Waals surface area contributed by atoms with E-state index in [0.29, 0.717) is 30.0 Å². The first-order valence-corrected chi connectivity index (χ1v) is 13.1. The highest BCUT2D eigenvalue weighted by molar-refractivity contribution is 6.30. The number of aliphatic hydroxyl groups excluding tert-OH is 1. The second-order valence-electron chi connectivity index (χ2n) is 10.3. The van der Waals surface area contributed by atoms with Crippen LogP contribution in [0.1, 0.15) is 33.1 Å². The van der Waals surface area contributed by atoms with E-state index in [1.54, 1.807) is 40.1 Å². The molecule has 3 fully saturated rings. The van der Waals surface area contributed by atoms with Gasteiger partial charge in [0, 0.05) is 30.4 Å². The third-order valence-corrected chi connectivity index (χ3v) is 8.42. The highest BCUT2D eigenvalue weighted by Crippen LogP contribution is 2.65. The molecule has 0 aliphatic carbocycles. The number of unbranched alkanes of at least 4 members (excludes halogenated alkanes) is 1. The van der Waals surface area contributed by atoms with E-state index in [4.69, 9.17) is 21.1 Å². The SMILES string of the molecule is C=CCOC(=O)[C@H]1[C@H]2C(=O)N(CCCCO)C(C(=O)N(CC=C)c3ccc(Cl)cc3)C23CC(C)[C@]1(C)O3. The summed E-state index contributed by atoms with van der Waals surface area (Å²) in [6.07, 6.45) is 4.56. The Balaban J connectivity index is 1.79. The van der Waals surface area contributed by atoms with Crippen LogP contribution in [0.15, 0.2) is 49.6 Å². The van der Waals surface area contributed by atoms with E-state index in [0.717, 1.165) is 0 Å². The Bertz CT molecular complexity index is 1080. The molecule has 0 saturated carbocycles. The summed E-state index contributed by atoms with van der Waals surface area (Å²) in [5.41, 5.74) is -1.51. The summed E-state index contributed by atoms with van der Waals surface area (Å²) < 4.78 is 12.1. The van der Waals surface area contributed by atoms with Gasteiger partial charge in [0.05, 0.1) is 11.5 Å². The Morgan fingerprint density at radius 1 is 1.27 bits per heavy atom. The van der Waals surface area contributed by atoms with Gasteiger partial charge in [0.25, 0.3) is 5.91 Å². The van der Waals surface area contributed by atoms with E-state index in [-0.39, 0.29) is 44.0 Å². The number of benzene rings is 1. The molecule has 37 heavy (non-hydrogen) atoms. The van der Waals surface area contributed by atoms with E-state index in [1.807, 2.05) is 13.8 Å². The first-order chi connectivity index (χ1) is 17.7. The third kappa shape index (κ3) is 4.39. The minimum absolute atomic E-state index is 0.0231. The molecule has 200 valence electrons. The first-order valence-electron chi connectivity index (χ1n) is 12.7. The highest BCUT2D eigenvalue weighted by Gasteiger charge is 2.80. The number of likely N-dealkylation sites (tertiary alicyclic amines) is 1. The first kappa shape index (κ1) is 27.4. The molecule has 0 aromatic heterocycles. The molecule has 1 spiro atoms. The molecule has 6 atom stereocenters. The Hall–Kier alpha value is -2.68. The molecular weight excluding hydrogens is 496 g/mol. The van der Waals surface area contributed by atoms with E-state index in [1.165, 1.54) is 6.08 Å². The van der Waals surface area contributed by atoms with Crippen LogP contribution in [-0.2, 0) is 23.9 Å². The number of halogens is 1. The maximum Gasteiger partial charge on any atom is 0.313 e. The molecule has 0 radical (unpaired) electrons. The molecule has 1 N–H and O–H groups in total. The second-order valence-corrected chi connectivity index (χ2v) is 10.7. The topological polar surface area (TPSA) is 96.4 Å². The Labute approximate surface area is 222 Å². The number of hydrogen-bond donors (Lipinski definition) is 1. The smallest absolute Gasteiger partial charge is 0.313 e. The van der Waals surface area contributed by atoms with Gasteiger partial charge < -0.3 is 24.4 Å². The second kappa shape index (κ2) is 10.6. The van der Waals surface area contributed by atoms with Gasteiger partial charge in [0.1, 0.15) is 24.2 Å². The van der Waals surface area contributed by atoms with Gasteiger partial charge in [-0.1, -0.05) is 37.3 Å². The molecule has 3 aliphatic rings. The number of carbonyl (C=O) groups excluding carboxylic acids is 3. The zero-order chi connectivity index (χ0) is 27.0. The largest absolute Gasteiger partial charge is 0.461 e. The average Bonchev–Trinajstić information content (AvgIpc) is 3.38. The Morgan fingerprint density at radius 3 is 2.59 bits per heavy atom. The van der Waals surface area contributed by atoms with Gasteiger partial charge in [0.2, 0.25) is 5.91 Å². The van der Waals surface area contributed by atoms with Gasteiger partial charge in [-0.3, -0.25) is 14.4 Å². The van der Waals surface area contributed by atoms with Gasteiger partial charge in [-0.2, -0.15) is 0 Å². The number of anilines is 1. The van der Waals surface area contributed by atoms with Crippen molar-refractivity contribution < 1.29 is 29.0 Å². The lowest BCUT2D eigenvalue weighted by Crippen LogP contribution is -2.57. The Morgan fingerprint density at radius 2 is 1.97 bits per heavy atom. The predicted octanol–water partition coefficient (Wildman–Crippen LogP) is 3.37. The number of amides is 2. The van der Waals surface area contributed by atoms with Crippen molar-refractivity contribution in [3.05, 3.63) is 54.6 Å². The van der Waals surface area contributed by atoms with Crippen molar-refractivity contribution >= 4 is 35.1 Å². The van der Waals surface area contributed by atoms with E-state index in [2.05, 4.69) is 13.2 Å². The van der Waals surface area contributed by atoms with Crippen LogP contribution in [0.5, 0.6) is 0 Å². The lowest BCUT2D eigenvalue weighted by molar-refractivity contribution is -0.160. The number of nitrogens with zero attached hydrogens (tertiary/aromatic N) is 2. The minimum atomic E-state index is -1.18. The number of esters is 1.